The van der Waals surface area contributed by atoms with Crippen molar-refractivity contribution >= 4 is 0 Å². The van der Waals surface area contributed by atoms with E-state index >= 15 is 0 Å². The summed E-state index contributed by atoms with van der Waals surface area (Å²) < 4.78 is 9.78. The molecule has 0 aliphatic heterocycles. The van der Waals surface area contributed by atoms with E-state index in [0.29, 0.717) is 0 Å². The number of hydrogen-bond acceptors (Lipinski definition) is 3. The van der Waals surface area contributed by atoms with Crippen molar-refractivity contribution in [1.29, 1.82) is 0 Å². The number of hydrogen-bond donors (Lipinski definition) is 1. The number of ether oxygens (including phenoxy) is 1. The zero-order valence-corrected chi connectivity index (χ0v) is 6.67. The lowest BCUT2D eigenvalue weighted by Crippen LogP contribution is -2.18. The van der Waals surface area contributed by atoms with Crippen LogP contribution in [0.3, 0.4) is 0 Å². The highest BCUT2D eigenvalue weighted by molar-refractivity contribution is 5.04. The molecule has 0 spiro atoms. The molecule has 1 rings (SSSR count). The Kier molecular flexibility index (Phi) is 3.72. The summed E-state index contributed by atoms with van der Waals surface area (Å²) in [7, 11) is 1.69. The highest BCUT2D eigenvalue weighted by Crippen LogP contribution is 1.97. The topological polar surface area (TPSA) is 34.4 Å². The van der Waals surface area contributed by atoms with Gasteiger partial charge in [0.2, 0.25) is 0 Å². The Morgan fingerprint density at radius 1 is 1.64 bits per heavy atom. The molecule has 62 valence electrons. The summed E-state index contributed by atoms with van der Waals surface area (Å²) in [5, 5.41) is 3.20. The van der Waals surface area contributed by atoms with Crippen molar-refractivity contribution in [2.45, 2.75) is 6.54 Å². The van der Waals surface area contributed by atoms with Gasteiger partial charge in [-0.25, -0.2) is 0 Å². The van der Waals surface area contributed by atoms with Gasteiger partial charge < -0.3 is 14.5 Å². The Morgan fingerprint density at radius 3 is 3.18 bits per heavy atom. The molecule has 0 unspecified atom stereocenters. The summed E-state index contributed by atoms with van der Waals surface area (Å²) in [5.74, 6) is 0. The van der Waals surface area contributed by atoms with E-state index in [1.54, 1.807) is 19.6 Å². The Bertz CT molecular complexity index is 172. The lowest BCUT2D eigenvalue weighted by atomic mass is 10.3. The first-order valence-corrected chi connectivity index (χ1v) is 3.64. The lowest BCUT2D eigenvalue weighted by Gasteiger charge is -2.00. The van der Waals surface area contributed by atoms with Gasteiger partial charge in [-0.2, -0.15) is 0 Å². The minimum absolute atomic E-state index is 0.748. The molecule has 0 radical (unpaired) electrons. The second-order valence-electron chi connectivity index (χ2n) is 2.30. The SMILES string of the molecule is COCCNCc1ccoc1. The molecule has 11 heavy (non-hydrogen) atoms. The summed E-state index contributed by atoms with van der Waals surface area (Å²) >= 11 is 0. The second-order valence-corrected chi connectivity index (χ2v) is 2.30. The maximum atomic E-state index is 4.90. The average molecular weight is 155 g/mol. The van der Waals surface area contributed by atoms with E-state index in [0.717, 1.165) is 19.7 Å². The van der Waals surface area contributed by atoms with Crippen LogP contribution >= 0.6 is 0 Å². The molecule has 0 atom stereocenters. The van der Waals surface area contributed by atoms with Gasteiger partial charge in [0.1, 0.15) is 0 Å². The zero-order valence-electron chi connectivity index (χ0n) is 6.67. The summed E-state index contributed by atoms with van der Waals surface area (Å²) in [5.41, 5.74) is 1.17. The highest BCUT2D eigenvalue weighted by atomic mass is 16.5. The van der Waals surface area contributed by atoms with Gasteiger partial charge in [0.25, 0.3) is 0 Å². The summed E-state index contributed by atoms with van der Waals surface area (Å²) in [6, 6.07) is 1.94. The van der Waals surface area contributed by atoms with Gasteiger partial charge >= 0.3 is 0 Å². The van der Waals surface area contributed by atoms with Crippen LogP contribution in [0.2, 0.25) is 0 Å². The Balaban J connectivity index is 2.04. The molecule has 0 amide bonds. The van der Waals surface area contributed by atoms with Crippen LogP contribution in [0.15, 0.2) is 23.0 Å². The number of methoxy groups -OCH3 is 1. The standard InChI is InChI=1S/C8H13NO2/c1-10-5-3-9-6-8-2-4-11-7-8/h2,4,7,9H,3,5-6H2,1H3. The molecule has 0 saturated heterocycles. The van der Waals surface area contributed by atoms with Gasteiger partial charge in [-0.05, 0) is 6.07 Å². The molecular weight excluding hydrogens is 142 g/mol. The van der Waals surface area contributed by atoms with E-state index in [9.17, 15) is 0 Å². The van der Waals surface area contributed by atoms with Crippen molar-refractivity contribution in [3.63, 3.8) is 0 Å². The molecule has 0 aliphatic rings. The van der Waals surface area contributed by atoms with E-state index in [4.69, 9.17) is 9.15 Å². The van der Waals surface area contributed by atoms with Crippen LogP contribution < -0.4 is 5.32 Å². The van der Waals surface area contributed by atoms with E-state index in [1.165, 1.54) is 5.56 Å². The molecule has 3 heteroatoms. The molecule has 0 fully saturated rings. The molecule has 0 bridgehead atoms. The largest absolute Gasteiger partial charge is 0.472 e. The molecule has 3 nitrogen and oxygen atoms in total. The maximum absolute atomic E-state index is 4.90. The molecule has 1 N–H and O–H groups in total. The summed E-state index contributed by atoms with van der Waals surface area (Å²) in [6.45, 7) is 2.47. The van der Waals surface area contributed by atoms with Crippen molar-refractivity contribution in [1.82, 2.24) is 5.32 Å². The van der Waals surface area contributed by atoms with Crippen molar-refractivity contribution in [2.24, 2.45) is 0 Å². The van der Waals surface area contributed by atoms with Crippen LogP contribution in [0, 0.1) is 0 Å². The second kappa shape index (κ2) is 4.93. The average Bonchev–Trinajstić information content (AvgIpc) is 2.50. The number of nitrogens with one attached hydrogen (secondary N) is 1. The van der Waals surface area contributed by atoms with E-state index in [2.05, 4.69) is 5.32 Å². The van der Waals surface area contributed by atoms with Crippen molar-refractivity contribution in [3.8, 4) is 0 Å². The third-order valence-electron chi connectivity index (χ3n) is 1.39. The van der Waals surface area contributed by atoms with Gasteiger partial charge in [-0.15, -0.1) is 0 Å². The highest BCUT2D eigenvalue weighted by Gasteiger charge is 1.91. The fraction of sp³-hybridized carbons (Fsp3) is 0.500. The van der Waals surface area contributed by atoms with Crippen LogP contribution in [0.4, 0.5) is 0 Å². The Labute approximate surface area is 66.3 Å². The quantitative estimate of drug-likeness (QED) is 0.644. The first-order chi connectivity index (χ1) is 5.43. The normalized spacial score (nSPS) is 10.3. The lowest BCUT2D eigenvalue weighted by molar-refractivity contribution is 0.199. The smallest absolute Gasteiger partial charge is 0.0947 e. The molecule has 0 aliphatic carbocycles. The molecule has 1 aromatic heterocycles. The van der Waals surface area contributed by atoms with Crippen molar-refractivity contribution in [2.75, 3.05) is 20.3 Å². The first kappa shape index (κ1) is 8.30. The predicted octanol–water partition coefficient (Wildman–Crippen LogP) is 1.02. The van der Waals surface area contributed by atoms with E-state index in [-0.39, 0.29) is 0 Å². The van der Waals surface area contributed by atoms with Gasteiger partial charge in [0.15, 0.2) is 0 Å². The Morgan fingerprint density at radius 2 is 2.55 bits per heavy atom. The zero-order chi connectivity index (χ0) is 7.94. The van der Waals surface area contributed by atoms with Crippen LogP contribution in [0.25, 0.3) is 0 Å². The first-order valence-electron chi connectivity index (χ1n) is 3.64. The van der Waals surface area contributed by atoms with Gasteiger partial charge in [-0.1, -0.05) is 0 Å². The van der Waals surface area contributed by atoms with E-state index < -0.39 is 0 Å². The fourth-order valence-electron chi connectivity index (χ4n) is 0.800. The molecule has 0 saturated carbocycles. The third kappa shape index (κ3) is 3.20. The Hall–Kier alpha value is -0.800. The predicted molar refractivity (Wildman–Crippen MR) is 42.3 cm³/mol. The molecular formula is C8H13NO2. The minimum Gasteiger partial charge on any atom is -0.472 e. The van der Waals surface area contributed by atoms with Crippen LogP contribution in [-0.2, 0) is 11.3 Å². The van der Waals surface area contributed by atoms with Crippen LogP contribution in [-0.4, -0.2) is 20.3 Å². The number of rotatable bonds is 5. The van der Waals surface area contributed by atoms with Crippen LogP contribution in [0.1, 0.15) is 5.56 Å². The minimum atomic E-state index is 0.748. The van der Waals surface area contributed by atoms with Crippen molar-refractivity contribution in [3.05, 3.63) is 24.2 Å². The van der Waals surface area contributed by atoms with E-state index in [1.807, 2.05) is 6.07 Å². The molecule has 0 aromatic carbocycles. The molecule has 1 heterocycles. The maximum Gasteiger partial charge on any atom is 0.0947 e. The fourth-order valence-corrected chi connectivity index (χ4v) is 0.800. The monoisotopic (exact) mass is 155 g/mol. The van der Waals surface area contributed by atoms with Gasteiger partial charge in [-0.3, -0.25) is 0 Å². The summed E-state index contributed by atoms with van der Waals surface area (Å²) in [4.78, 5) is 0. The van der Waals surface area contributed by atoms with Crippen LogP contribution in [0.5, 0.6) is 0 Å². The van der Waals surface area contributed by atoms with Gasteiger partial charge in [0.05, 0.1) is 19.1 Å². The third-order valence-corrected chi connectivity index (χ3v) is 1.39. The summed E-state index contributed by atoms with van der Waals surface area (Å²) in [6.07, 6.45) is 3.41. The number of furan rings is 1. The van der Waals surface area contributed by atoms with Crippen molar-refractivity contribution < 1.29 is 9.15 Å². The van der Waals surface area contributed by atoms with Gasteiger partial charge in [0, 0.05) is 25.8 Å². The molecule has 1 aromatic rings.